The Labute approximate surface area is 187 Å². The van der Waals surface area contributed by atoms with Crippen molar-refractivity contribution in [2.45, 2.75) is 31.1 Å². The highest BCUT2D eigenvalue weighted by molar-refractivity contribution is 7.92. The van der Waals surface area contributed by atoms with Gasteiger partial charge in [-0.1, -0.05) is 56.6 Å². The number of methoxy groups -OCH3 is 1. The largest absolute Gasteiger partial charge is 0.497 e. The second kappa shape index (κ2) is 8.69. The van der Waals surface area contributed by atoms with E-state index in [1.807, 2.05) is 20.8 Å². The minimum absolute atomic E-state index is 0.000202. The number of rotatable bonds is 6. The SMILES string of the molecule is COc1cccc(C(=O)c2ncc(Cl)cc2NS(=O)(=O)c2ccc(C(C)(C)C)cc2)c1. The summed E-state index contributed by atoms with van der Waals surface area (Å²) in [6.45, 7) is 6.13. The molecule has 0 aliphatic heterocycles. The van der Waals surface area contributed by atoms with Gasteiger partial charge in [-0.25, -0.2) is 13.4 Å². The predicted molar refractivity (Wildman–Crippen MR) is 122 cm³/mol. The number of nitrogens with one attached hydrogen (secondary N) is 1. The second-order valence-electron chi connectivity index (χ2n) is 7.99. The summed E-state index contributed by atoms with van der Waals surface area (Å²) in [6, 6.07) is 14.5. The van der Waals surface area contributed by atoms with Crippen LogP contribution in [0.1, 0.15) is 42.4 Å². The highest BCUT2D eigenvalue weighted by atomic mass is 35.5. The van der Waals surface area contributed by atoms with Crippen LogP contribution in [0.25, 0.3) is 0 Å². The number of pyridine rings is 1. The lowest BCUT2D eigenvalue weighted by Crippen LogP contribution is -2.17. The summed E-state index contributed by atoms with van der Waals surface area (Å²) in [5.74, 6) is 0.0391. The Morgan fingerprint density at radius 1 is 1.06 bits per heavy atom. The second-order valence-corrected chi connectivity index (χ2v) is 10.1. The number of sulfonamides is 1. The van der Waals surface area contributed by atoms with Crippen molar-refractivity contribution in [2.75, 3.05) is 11.8 Å². The smallest absolute Gasteiger partial charge is 0.261 e. The molecule has 0 atom stereocenters. The first-order valence-corrected chi connectivity index (χ1v) is 11.3. The van der Waals surface area contributed by atoms with Crippen molar-refractivity contribution in [1.82, 2.24) is 4.98 Å². The molecule has 3 rings (SSSR count). The third-order valence-corrected chi connectivity index (χ3v) is 6.26. The van der Waals surface area contributed by atoms with E-state index in [-0.39, 0.29) is 26.7 Å². The molecule has 3 aromatic rings. The molecule has 0 spiro atoms. The van der Waals surface area contributed by atoms with Gasteiger partial charge in [0.25, 0.3) is 10.0 Å². The summed E-state index contributed by atoms with van der Waals surface area (Å²) >= 11 is 6.03. The van der Waals surface area contributed by atoms with Crippen molar-refractivity contribution in [3.63, 3.8) is 0 Å². The molecule has 0 saturated heterocycles. The van der Waals surface area contributed by atoms with E-state index in [1.165, 1.54) is 31.5 Å². The number of carbonyl (C=O) groups is 1. The average molecular weight is 459 g/mol. The van der Waals surface area contributed by atoms with Crippen LogP contribution in [0.4, 0.5) is 5.69 Å². The molecule has 1 heterocycles. The van der Waals surface area contributed by atoms with Gasteiger partial charge in [-0.3, -0.25) is 9.52 Å². The zero-order valence-corrected chi connectivity index (χ0v) is 19.2. The van der Waals surface area contributed by atoms with Crippen molar-refractivity contribution < 1.29 is 17.9 Å². The number of anilines is 1. The zero-order chi connectivity index (χ0) is 22.8. The minimum atomic E-state index is -3.97. The third-order valence-electron chi connectivity index (χ3n) is 4.68. The van der Waals surface area contributed by atoms with Crippen LogP contribution in [-0.2, 0) is 15.4 Å². The fourth-order valence-electron chi connectivity index (χ4n) is 2.94. The number of ether oxygens (including phenoxy) is 1. The highest BCUT2D eigenvalue weighted by Crippen LogP contribution is 2.27. The van der Waals surface area contributed by atoms with Crippen molar-refractivity contribution in [2.24, 2.45) is 0 Å². The summed E-state index contributed by atoms with van der Waals surface area (Å²) in [7, 11) is -2.47. The number of ketones is 1. The lowest BCUT2D eigenvalue weighted by atomic mass is 9.87. The fourth-order valence-corrected chi connectivity index (χ4v) is 4.15. The molecule has 0 unspecified atom stereocenters. The first kappa shape index (κ1) is 22.8. The zero-order valence-electron chi connectivity index (χ0n) is 17.6. The highest BCUT2D eigenvalue weighted by Gasteiger charge is 2.22. The van der Waals surface area contributed by atoms with Crippen LogP contribution in [0.15, 0.2) is 65.7 Å². The molecule has 0 aliphatic carbocycles. The van der Waals surface area contributed by atoms with E-state index >= 15 is 0 Å². The van der Waals surface area contributed by atoms with Gasteiger partial charge in [0.05, 0.1) is 22.7 Å². The molecule has 0 aliphatic rings. The molecule has 1 aromatic heterocycles. The molecule has 2 aromatic carbocycles. The Balaban J connectivity index is 1.97. The number of halogens is 1. The van der Waals surface area contributed by atoms with Crippen molar-refractivity contribution in [3.05, 3.63) is 82.6 Å². The van der Waals surface area contributed by atoms with E-state index in [0.717, 1.165) is 5.56 Å². The lowest BCUT2D eigenvalue weighted by molar-refractivity contribution is 0.103. The number of aromatic nitrogens is 1. The van der Waals surface area contributed by atoms with Gasteiger partial charge < -0.3 is 4.74 Å². The quantitative estimate of drug-likeness (QED) is 0.521. The van der Waals surface area contributed by atoms with E-state index < -0.39 is 15.8 Å². The molecule has 0 fully saturated rings. The molecule has 0 radical (unpaired) electrons. The standard InChI is InChI=1S/C23H23ClN2O4S/c1-23(2,3)16-8-10-19(11-9-16)31(28,29)26-20-13-17(24)14-25-21(20)22(27)15-6-5-7-18(12-15)30-4/h5-14,26H,1-4H3. The number of benzene rings is 2. The Kier molecular flexibility index (Phi) is 6.38. The predicted octanol–water partition coefficient (Wildman–Crippen LogP) is 5.07. The maximum absolute atomic E-state index is 13.0. The van der Waals surface area contributed by atoms with E-state index in [9.17, 15) is 13.2 Å². The van der Waals surface area contributed by atoms with Gasteiger partial charge in [0, 0.05) is 11.8 Å². The summed E-state index contributed by atoms with van der Waals surface area (Å²) in [6.07, 6.45) is 1.30. The molecular weight excluding hydrogens is 436 g/mol. The van der Waals surface area contributed by atoms with Crippen LogP contribution in [0, 0.1) is 0 Å². The Hall–Kier alpha value is -2.90. The summed E-state index contributed by atoms with van der Waals surface area (Å²) in [5.41, 5.74) is 1.14. The van der Waals surface area contributed by atoms with Crippen LogP contribution >= 0.6 is 11.6 Å². The van der Waals surface area contributed by atoms with Crippen LogP contribution in [0.3, 0.4) is 0 Å². The van der Waals surface area contributed by atoms with E-state index in [2.05, 4.69) is 9.71 Å². The third kappa shape index (κ3) is 5.24. The van der Waals surface area contributed by atoms with Crippen LogP contribution < -0.4 is 9.46 Å². The molecular formula is C23H23ClN2O4S. The number of hydrogen-bond acceptors (Lipinski definition) is 5. The summed E-state index contributed by atoms with van der Waals surface area (Å²) in [5, 5.41) is 0.197. The number of hydrogen-bond donors (Lipinski definition) is 1. The first-order chi connectivity index (χ1) is 14.5. The van der Waals surface area contributed by atoms with Gasteiger partial charge in [0.15, 0.2) is 0 Å². The van der Waals surface area contributed by atoms with Gasteiger partial charge in [-0.15, -0.1) is 0 Å². The first-order valence-electron chi connectivity index (χ1n) is 9.49. The molecule has 0 saturated carbocycles. The molecule has 1 N–H and O–H groups in total. The van der Waals surface area contributed by atoms with E-state index in [4.69, 9.17) is 16.3 Å². The van der Waals surface area contributed by atoms with Crippen molar-refractivity contribution >= 4 is 33.1 Å². The Morgan fingerprint density at radius 3 is 2.35 bits per heavy atom. The van der Waals surface area contributed by atoms with Gasteiger partial charge >= 0.3 is 0 Å². The fraction of sp³-hybridized carbons (Fsp3) is 0.217. The average Bonchev–Trinajstić information content (AvgIpc) is 2.72. The van der Waals surface area contributed by atoms with Gasteiger partial charge in [0.2, 0.25) is 5.78 Å². The van der Waals surface area contributed by atoms with Crippen LogP contribution in [0.2, 0.25) is 5.02 Å². The molecule has 162 valence electrons. The van der Waals surface area contributed by atoms with Gasteiger partial charge in [0.1, 0.15) is 11.4 Å². The number of carbonyl (C=O) groups excluding carboxylic acids is 1. The molecule has 0 bridgehead atoms. The van der Waals surface area contributed by atoms with Crippen LogP contribution in [0.5, 0.6) is 5.75 Å². The number of nitrogens with zero attached hydrogens (tertiary/aromatic N) is 1. The summed E-state index contributed by atoms with van der Waals surface area (Å²) < 4.78 is 33.6. The molecule has 6 nitrogen and oxygen atoms in total. The molecule has 31 heavy (non-hydrogen) atoms. The minimum Gasteiger partial charge on any atom is -0.497 e. The lowest BCUT2D eigenvalue weighted by Gasteiger charge is -2.19. The van der Waals surface area contributed by atoms with Gasteiger partial charge in [-0.05, 0) is 41.3 Å². The van der Waals surface area contributed by atoms with Gasteiger partial charge in [-0.2, -0.15) is 0 Å². The Morgan fingerprint density at radius 2 is 1.74 bits per heavy atom. The normalized spacial score (nSPS) is 11.8. The molecule has 8 heteroatoms. The van der Waals surface area contributed by atoms with Crippen molar-refractivity contribution in [1.29, 1.82) is 0 Å². The monoisotopic (exact) mass is 458 g/mol. The summed E-state index contributed by atoms with van der Waals surface area (Å²) in [4.78, 5) is 17.2. The maximum Gasteiger partial charge on any atom is 0.261 e. The van der Waals surface area contributed by atoms with Crippen LogP contribution in [-0.4, -0.2) is 26.3 Å². The Bertz CT molecular complexity index is 1220. The van der Waals surface area contributed by atoms with Crippen molar-refractivity contribution in [3.8, 4) is 5.75 Å². The van der Waals surface area contributed by atoms with E-state index in [1.54, 1.807) is 36.4 Å². The maximum atomic E-state index is 13.0. The molecule has 0 amide bonds. The van der Waals surface area contributed by atoms with E-state index in [0.29, 0.717) is 11.3 Å². The topological polar surface area (TPSA) is 85.4 Å².